The predicted octanol–water partition coefficient (Wildman–Crippen LogP) is 2.27. The van der Waals surface area contributed by atoms with Gasteiger partial charge in [-0.2, -0.15) is 8.78 Å². The lowest BCUT2D eigenvalue weighted by molar-refractivity contribution is -0.121. The topological polar surface area (TPSA) is 84.0 Å². The summed E-state index contributed by atoms with van der Waals surface area (Å²) in [5, 5.41) is 8.81. The quantitative estimate of drug-likeness (QED) is 0.424. The van der Waals surface area contributed by atoms with Gasteiger partial charge in [-0.3, -0.25) is 9.79 Å². The lowest BCUT2D eigenvalue weighted by Crippen LogP contribution is -2.39. The van der Waals surface area contributed by atoms with Crippen LogP contribution in [0.3, 0.4) is 0 Å². The minimum atomic E-state index is -2.96. The van der Waals surface area contributed by atoms with Crippen molar-refractivity contribution in [3.05, 3.63) is 23.8 Å². The Morgan fingerprint density at radius 1 is 1.26 bits per heavy atom. The summed E-state index contributed by atoms with van der Waals surface area (Å²) in [6, 6.07) is 5.02. The smallest absolute Gasteiger partial charge is 0.387 e. The highest BCUT2D eigenvalue weighted by atomic mass is 19.3. The third-order valence-corrected chi connectivity index (χ3v) is 3.33. The Morgan fingerprint density at radius 2 is 2.00 bits per heavy atom. The van der Waals surface area contributed by atoms with Crippen molar-refractivity contribution >= 4 is 11.9 Å². The van der Waals surface area contributed by atoms with Crippen molar-refractivity contribution < 1.29 is 23.0 Å². The number of ether oxygens (including phenoxy) is 2. The van der Waals surface area contributed by atoms with E-state index in [1.165, 1.54) is 0 Å². The summed E-state index contributed by atoms with van der Waals surface area (Å²) in [5.41, 5.74) is 0.502. The number of nitrogens with one attached hydrogen (secondary N) is 3. The van der Waals surface area contributed by atoms with Gasteiger partial charge in [0, 0.05) is 38.2 Å². The second-order valence-electron chi connectivity index (χ2n) is 5.88. The largest absolute Gasteiger partial charge is 0.490 e. The third-order valence-electron chi connectivity index (χ3n) is 3.33. The van der Waals surface area contributed by atoms with Gasteiger partial charge >= 0.3 is 6.61 Å². The van der Waals surface area contributed by atoms with E-state index < -0.39 is 6.61 Å². The molecule has 1 amide bonds. The number of benzene rings is 1. The van der Waals surface area contributed by atoms with Crippen LogP contribution in [0, 0.1) is 0 Å². The zero-order valence-electron chi connectivity index (χ0n) is 16.1. The number of hydrogen-bond acceptors (Lipinski definition) is 4. The summed E-state index contributed by atoms with van der Waals surface area (Å²) < 4.78 is 35.5. The lowest BCUT2D eigenvalue weighted by atomic mass is 10.2. The number of carbonyl (C=O) groups excluding carboxylic acids is 1. The molecule has 0 unspecified atom stereocenters. The van der Waals surface area contributed by atoms with E-state index >= 15 is 0 Å². The van der Waals surface area contributed by atoms with Gasteiger partial charge in [-0.15, -0.1) is 0 Å². The summed E-state index contributed by atoms with van der Waals surface area (Å²) in [6.45, 7) is 3.50. The van der Waals surface area contributed by atoms with Crippen molar-refractivity contribution in [1.29, 1.82) is 0 Å². The van der Waals surface area contributed by atoms with Crippen LogP contribution in [0.1, 0.15) is 32.8 Å². The molecule has 0 fully saturated rings. The molecule has 27 heavy (non-hydrogen) atoms. The summed E-state index contributed by atoms with van der Waals surface area (Å²) in [5.74, 6) is 0.626. The van der Waals surface area contributed by atoms with E-state index in [0.29, 0.717) is 31.1 Å². The van der Waals surface area contributed by atoms with Crippen LogP contribution < -0.4 is 25.4 Å². The molecule has 0 bridgehead atoms. The number of aliphatic imine (C=N–C) groups is 1. The summed E-state index contributed by atoms with van der Waals surface area (Å²) >= 11 is 0. The van der Waals surface area contributed by atoms with Crippen LogP contribution in [-0.4, -0.2) is 44.7 Å². The minimum Gasteiger partial charge on any atom is -0.490 e. The summed E-state index contributed by atoms with van der Waals surface area (Å²) in [7, 11) is 1.58. The van der Waals surface area contributed by atoms with E-state index in [4.69, 9.17) is 4.74 Å². The Morgan fingerprint density at radius 3 is 2.59 bits per heavy atom. The Kier molecular flexibility index (Phi) is 9.92. The first-order valence-corrected chi connectivity index (χ1v) is 8.80. The molecule has 9 heteroatoms. The first-order chi connectivity index (χ1) is 12.9. The number of alkyl halides is 2. The van der Waals surface area contributed by atoms with E-state index in [1.54, 1.807) is 32.2 Å². The highest BCUT2D eigenvalue weighted by molar-refractivity contribution is 5.81. The average molecular weight is 386 g/mol. The van der Waals surface area contributed by atoms with Crippen molar-refractivity contribution in [2.45, 2.75) is 46.4 Å². The maximum atomic E-state index is 12.7. The van der Waals surface area contributed by atoms with Crippen molar-refractivity contribution in [2.24, 2.45) is 4.99 Å². The van der Waals surface area contributed by atoms with Crippen LogP contribution in [0.15, 0.2) is 23.2 Å². The predicted molar refractivity (Wildman–Crippen MR) is 100 cm³/mol. The van der Waals surface area contributed by atoms with Crippen LogP contribution in [0.4, 0.5) is 8.78 Å². The van der Waals surface area contributed by atoms with Gasteiger partial charge in [0.2, 0.25) is 5.91 Å². The van der Waals surface area contributed by atoms with E-state index in [1.807, 2.05) is 13.8 Å². The van der Waals surface area contributed by atoms with E-state index in [9.17, 15) is 13.6 Å². The molecule has 3 N–H and O–H groups in total. The van der Waals surface area contributed by atoms with Gasteiger partial charge < -0.3 is 25.4 Å². The Labute approximate surface area is 158 Å². The molecule has 0 radical (unpaired) electrons. The Hall–Kier alpha value is -2.58. The van der Waals surface area contributed by atoms with Gasteiger partial charge in [-0.1, -0.05) is 12.1 Å². The molecule has 152 valence electrons. The first kappa shape index (κ1) is 22.5. The molecule has 0 aliphatic heterocycles. The van der Waals surface area contributed by atoms with Gasteiger partial charge in [-0.25, -0.2) is 0 Å². The van der Waals surface area contributed by atoms with Gasteiger partial charge in [0.15, 0.2) is 17.5 Å². The van der Waals surface area contributed by atoms with E-state index in [2.05, 4.69) is 25.7 Å². The van der Waals surface area contributed by atoms with Crippen molar-refractivity contribution in [3.8, 4) is 11.5 Å². The van der Waals surface area contributed by atoms with Crippen molar-refractivity contribution in [3.63, 3.8) is 0 Å². The number of amides is 1. The van der Waals surface area contributed by atoms with Crippen LogP contribution in [0.25, 0.3) is 0 Å². The Balaban J connectivity index is 2.66. The van der Waals surface area contributed by atoms with E-state index in [-0.39, 0.29) is 30.0 Å². The maximum Gasteiger partial charge on any atom is 0.387 e. The molecule has 1 rings (SSSR count). The first-order valence-electron chi connectivity index (χ1n) is 8.80. The third kappa shape index (κ3) is 8.57. The fourth-order valence-electron chi connectivity index (χ4n) is 2.28. The molecule has 0 atom stereocenters. The minimum absolute atomic E-state index is 0.00591. The number of nitrogens with zero attached hydrogens (tertiary/aromatic N) is 1. The zero-order valence-corrected chi connectivity index (χ0v) is 16.1. The number of rotatable bonds is 10. The molecular formula is C18H28F2N4O3. The molecule has 0 aliphatic rings. The maximum absolute atomic E-state index is 12.7. The summed E-state index contributed by atoms with van der Waals surface area (Å²) in [6.07, 6.45) is 0.290. The molecule has 1 aromatic carbocycles. The van der Waals surface area contributed by atoms with Gasteiger partial charge in [0.25, 0.3) is 0 Å². The van der Waals surface area contributed by atoms with Gasteiger partial charge in [0.1, 0.15) is 0 Å². The lowest BCUT2D eigenvalue weighted by Gasteiger charge is -2.17. The van der Waals surface area contributed by atoms with Crippen LogP contribution in [-0.2, 0) is 11.3 Å². The highest BCUT2D eigenvalue weighted by Gasteiger charge is 2.16. The molecule has 0 aromatic heterocycles. The number of para-hydroxylation sites is 1. The number of guanidine groups is 1. The molecule has 0 saturated carbocycles. The Bertz CT molecular complexity index is 625. The van der Waals surface area contributed by atoms with Crippen LogP contribution in [0.5, 0.6) is 11.5 Å². The number of carbonyl (C=O) groups is 1. The summed E-state index contributed by atoms with van der Waals surface area (Å²) in [4.78, 5) is 15.7. The fraction of sp³-hybridized carbons (Fsp3) is 0.556. The molecule has 7 nitrogen and oxygen atoms in total. The fourth-order valence-corrected chi connectivity index (χ4v) is 2.28. The molecule has 0 spiro atoms. The van der Waals surface area contributed by atoms with Crippen LogP contribution in [0.2, 0.25) is 0 Å². The molecular weight excluding hydrogens is 358 g/mol. The molecule has 0 heterocycles. The normalized spacial score (nSPS) is 11.5. The average Bonchev–Trinajstić information content (AvgIpc) is 2.59. The monoisotopic (exact) mass is 386 g/mol. The zero-order chi connectivity index (χ0) is 20.2. The van der Waals surface area contributed by atoms with Crippen molar-refractivity contribution in [1.82, 2.24) is 16.0 Å². The molecule has 0 aliphatic carbocycles. The molecule has 0 saturated heterocycles. The second kappa shape index (κ2) is 11.9. The van der Waals surface area contributed by atoms with E-state index in [0.717, 1.165) is 0 Å². The van der Waals surface area contributed by atoms with Crippen LogP contribution >= 0.6 is 0 Å². The molecule has 1 aromatic rings. The highest BCUT2D eigenvalue weighted by Crippen LogP contribution is 2.32. The van der Waals surface area contributed by atoms with Crippen molar-refractivity contribution in [2.75, 3.05) is 20.2 Å². The number of halogens is 2. The van der Waals surface area contributed by atoms with Gasteiger partial charge in [0.05, 0.1) is 6.61 Å². The second-order valence-corrected chi connectivity index (χ2v) is 5.88. The van der Waals surface area contributed by atoms with Gasteiger partial charge in [-0.05, 0) is 26.8 Å². The standard InChI is InChI=1S/C18H28F2N4O3/c1-5-26-14-8-6-7-13(16(14)27-17(19)20)11-23-18(21-4)22-10-9-15(25)24-12(2)3/h6-8,12,17H,5,9-11H2,1-4H3,(H,24,25)(H2,21,22,23). The number of hydrogen-bond donors (Lipinski definition) is 3. The SMILES string of the molecule is CCOc1cccc(CNC(=NC)NCCC(=O)NC(C)C)c1OC(F)F.